The number of Topliss-reactive ketones (excluding diaryl/α,β-unsaturated/α-hetero) is 1. The lowest BCUT2D eigenvalue weighted by Crippen LogP contribution is -2.62. The number of benzene rings is 4. The summed E-state index contributed by atoms with van der Waals surface area (Å²) in [4.78, 5) is 45.9. The molecule has 0 radical (unpaired) electrons. The minimum atomic E-state index is -1.47. The minimum Gasteiger partial charge on any atom is -0.325 e. The molecule has 2 fully saturated rings. The van der Waals surface area contributed by atoms with Gasteiger partial charge in [-0.05, 0) is 53.9 Å². The molecular weight excluding hydrogens is 510 g/mol. The number of hydrogen-bond donors (Lipinski definition) is 2. The second-order valence-electron chi connectivity index (χ2n) is 10.9. The number of halogens is 1. The van der Waals surface area contributed by atoms with E-state index < -0.39 is 16.9 Å². The first-order valence-electron chi connectivity index (χ1n) is 13.3. The van der Waals surface area contributed by atoms with Crippen molar-refractivity contribution in [2.24, 2.45) is 5.92 Å². The van der Waals surface area contributed by atoms with Gasteiger partial charge in [0.05, 0.1) is 16.6 Å². The predicted molar refractivity (Wildman–Crippen MR) is 150 cm³/mol. The van der Waals surface area contributed by atoms with E-state index in [-0.39, 0.29) is 23.6 Å². The Balaban J connectivity index is 1.46. The quantitative estimate of drug-likeness (QED) is 0.333. The fraction of sp³-hybridized carbons (Fsp3) is 0.219. The van der Waals surface area contributed by atoms with Crippen LogP contribution in [0.2, 0.25) is 5.02 Å². The van der Waals surface area contributed by atoms with E-state index in [1.54, 1.807) is 6.07 Å². The number of ketones is 1. The van der Waals surface area contributed by atoms with E-state index in [0.717, 1.165) is 17.2 Å². The molecule has 192 valence electrons. The number of carbonyl (C=O) groups is 3. The highest BCUT2D eigenvalue weighted by Crippen LogP contribution is 2.68. The van der Waals surface area contributed by atoms with E-state index in [0.29, 0.717) is 46.1 Å². The van der Waals surface area contributed by atoms with Gasteiger partial charge in [-0.15, -0.1) is 0 Å². The van der Waals surface area contributed by atoms with Crippen molar-refractivity contribution in [2.75, 3.05) is 17.2 Å². The molecule has 4 aromatic carbocycles. The van der Waals surface area contributed by atoms with Crippen LogP contribution in [0.15, 0.2) is 84.9 Å². The Morgan fingerprint density at radius 1 is 0.846 bits per heavy atom. The van der Waals surface area contributed by atoms with Crippen molar-refractivity contribution in [3.8, 4) is 0 Å². The maximum absolute atomic E-state index is 14.8. The number of amides is 2. The monoisotopic (exact) mass is 533 g/mol. The van der Waals surface area contributed by atoms with Gasteiger partial charge < -0.3 is 10.6 Å². The first-order valence-corrected chi connectivity index (χ1v) is 13.7. The molecule has 39 heavy (non-hydrogen) atoms. The van der Waals surface area contributed by atoms with Crippen molar-refractivity contribution < 1.29 is 14.4 Å². The molecule has 4 atom stereocenters. The Morgan fingerprint density at radius 3 is 2.49 bits per heavy atom. The van der Waals surface area contributed by atoms with Crippen LogP contribution in [-0.4, -0.2) is 35.1 Å². The van der Waals surface area contributed by atoms with Crippen molar-refractivity contribution >= 4 is 51.3 Å². The number of fused-ring (bicyclic) bond motifs is 8. The molecule has 4 heterocycles. The molecule has 0 bridgehead atoms. The molecule has 6 nitrogen and oxygen atoms in total. The first-order chi connectivity index (χ1) is 19.0. The topological polar surface area (TPSA) is 78.5 Å². The van der Waals surface area contributed by atoms with Gasteiger partial charge in [-0.1, -0.05) is 78.3 Å². The number of anilines is 2. The van der Waals surface area contributed by atoms with Crippen LogP contribution in [0.4, 0.5) is 11.4 Å². The summed E-state index contributed by atoms with van der Waals surface area (Å²) in [6.45, 7) is 0.600. The van der Waals surface area contributed by atoms with Gasteiger partial charge in [0, 0.05) is 22.9 Å². The van der Waals surface area contributed by atoms with Gasteiger partial charge in [0.1, 0.15) is 11.0 Å². The van der Waals surface area contributed by atoms with E-state index in [2.05, 4.69) is 15.5 Å². The maximum Gasteiger partial charge on any atom is 0.251 e. The molecule has 0 unspecified atom stereocenters. The lowest BCUT2D eigenvalue weighted by atomic mass is 9.57. The zero-order valence-corrected chi connectivity index (χ0v) is 21.7. The van der Waals surface area contributed by atoms with Crippen LogP contribution in [0.25, 0.3) is 10.8 Å². The highest BCUT2D eigenvalue weighted by molar-refractivity contribution is 6.35. The largest absolute Gasteiger partial charge is 0.325 e. The number of rotatable bonds is 2. The third kappa shape index (κ3) is 2.59. The number of nitrogens with one attached hydrogen (secondary N) is 2. The Hall–Kier alpha value is -4.00. The summed E-state index contributed by atoms with van der Waals surface area (Å²) in [6, 6.07) is 26.3. The van der Waals surface area contributed by atoms with Gasteiger partial charge in [-0.3, -0.25) is 19.3 Å². The van der Waals surface area contributed by atoms with Crippen molar-refractivity contribution in [2.45, 2.75) is 29.8 Å². The van der Waals surface area contributed by atoms with Crippen LogP contribution in [0.1, 0.15) is 34.3 Å². The average molecular weight is 534 g/mol. The predicted octanol–water partition coefficient (Wildman–Crippen LogP) is 5.51. The second-order valence-corrected chi connectivity index (χ2v) is 11.3. The summed E-state index contributed by atoms with van der Waals surface area (Å²) in [5.41, 5.74) is 0.162. The highest BCUT2D eigenvalue weighted by atomic mass is 35.5. The Bertz CT molecular complexity index is 1770. The molecule has 0 saturated carbocycles. The van der Waals surface area contributed by atoms with Gasteiger partial charge in [-0.2, -0.15) is 0 Å². The smallest absolute Gasteiger partial charge is 0.251 e. The Kier molecular flexibility index (Phi) is 4.57. The normalized spacial score (nSPS) is 28.5. The van der Waals surface area contributed by atoms with Crippen LogP contribution in [0.5, 0.6) is 0 Å². The second kappa shape index (κ2) is 7.78. The minimum absolute atomic E-state index is 0.121. The fourth-order valence-electron chi connectivity index (χ4n) is 8.09. The molecule has 2 spiro atoms. The van der Waals surface area contributed by atoms with Crippen LogP contribution < -0.4 is 10.6 Å². The van der Waals surface area contributed by atoms with E-state index >= 15 is 0 Å². The molecule has 4 aliphatic heterocycles. The van der Waals surface area contributed by atoms with Crippen LogP contribution in [-0.2, 0) is 20.5 Å². The number of carbonyl (C=O) groups excluding carboxylic acids is 3. The summed E-state index contributed by atoms with van der Waals surface area (Å²) < 4.78 is 0. The molecule has 0 aromatic heterocycles. The number of nitrogens with zero attached hydrogens (tertiary/aromatic N) is 1. The lowest BCUT2D eigenvalue weighted by Gasteiger charge is -2.43. The summed E-state index contributed by atoms with van der Waals surface area (Å²) in [5, 5.41) is 8.52. The van der Waals surface area contributed by atoms with Gasteiger partial charge in [0.25, 0.3) is 5.91 Å². The van der Waals surface area contributed by atoms with Crippen molar-refractivity contribution in [1.82, 2.24) is 4.90 Å². The van der Waals surface area contributed by atoms with Gasteiger partial charge in [0.2, 0.25) is 5.91 Å². The Morgan fingerprint density at radius 2 is 1.62 bits per heavy atom. The Labute approximate surface area is 230 Å². The van der Waals surface area contributed by atoms with Crippen molar-refractivity contribution in [3.63, 3.8) is 0 Å². The molecule has 0 aliphatic carbocycles. The van der Waals surface area contributed by atoms with Crippen LogP contribution in [0.3, 0.4) is 0 Å². The number of para-hydroxylation sites is 2. The van der Waals surface area contributed by atoms with Gasteiger partial charge >= 0.3 is 0 Å². The zero-order chi connectivity index (χ0) is 26.5. The lowest BCUT2D eigenvalue weighted by molar-refractivity contribution is -0.137. The summed E-state index contributed by atoms with van der Waals surface area (Å²) in [6.07, 6.45) is 1.54. The number of hydrogen-bond acceptors (Lipinski definition) is 4. The molecule has 8 rings (SSSR count). The molecule has 2 amide bonds. The molecule has 7 heteroatoms. The van der Waals surface area contributed by atoms with Crippen molar-refractivity contribution in [3.05, 3.63) is 107 Å². The van der Waals surface area contributed by atoms with E-state index in [1.807, 2.05) is 78.9 Å². The van der Waals surface area contributed by atoms with E-state index in [1.165, 1.54) is 0 Å². The molecule has 2 N–H and O–H groups in total. The summed E-state index contributed by atoms with van der Waals surface area (Å²) in [7, 11) is 0. The third-order valence-electron chi connectivity index (χ3n) is 9.40. The summed E-state index contributed by atoms with van der Waals surface area (Å²) in [5.74, 6) is -1.52. The highest BCUT2D eigenvalue weighted by Gasteiger charge is 2.81. The van der Waals surface area contributed by atoms with Gasteiger partial charge in [0.15, 0.2) is 5.78 Å². The van der Waals surface area contributed by atoms with Gasteiger partial charge in [-0.25, -0.2) is 0 Å². The van der Waals surface area contributed by atoms with E-state index in [4.69, 9.17) is 11.6 Å². The standard InChI is InChI=1S/C32H24ClN3O3/c33-23-11-5-10-22-27(23)35-30(39)32(22)31(21-9-3-4-12-24(21)34-29(31)38)26(25-13-6-16-36(25)32)28(37)20-15-14-18-7-1-2-8-19(18)17-20/h1-5,7-12,14-15,17,25-26H,6,13,16H2,(H,34,38)(H,35,39)/t25-,26-,31-,32-/m0/s1. The third-order valence-corrected chi connectivity index (χ3v) is 9.71. The fourth-order valence-corrected chi connectivity index (χ4v) is 8.31. The van der Waals surface area contributed by atoms with Crippen molar-refractivity contribution in [1.29, 1.82) is 0 Å². The SMILES string of the molecule is O=C(c1ccc2ccccc2c1)[C@@H]1[C@@H]2CCCN2[C@@]2(C(=O)Nc3c(Cl)cccc32)[C@]12C(=O)Nc1ccccc12. The van der Waals surface area contributed by atoms with Crippen LogP contribution in [0, 0.1) is 5.92 Å². The van der Waals surface area contributed by atoms with E-state index in [9.17, 15) is 14.4 Å². The first kappa shape index (κ1) is 22.9. The van der Waals surface area contributed by atoms with Crippen LogP contribution >= 0.6 is 11.6 Å². The zero-order valence-electron chi connectivity index (χ0n) is 20.9. The summed E-state index contributed by atoms with van der Waals surface area (Å²) >= 11 is 6.62. The average Bonchev–Trinajstić information content (AvgIpc) is 3.67. The maximum atomic E-state index is 14.8. The molecule has 4 aliphatic rings. The molecule has 4 aromatic rings. The molecule has 2 saturated heterocycles. The molecular formula is C32H24ClN3O3.